The molecule has 3 heterocycles. The Balaban J connectivity index is 1.76. The van der Waals surface area contributed by atoms with Gasteiger partial charge in [-0.25, -0.2) is 0 Å². The van der Waals surface area contributed by atoms with Crippen molar-refractivity contribution in [3.8, 4) is 0 Å². The Morgan fingerprint density at radius 3 is 2.37 bits per heavy atom. The van der Waals surface area contributed by atoms with Crippen molar-refractivity contribution in [1.29, 1.82) is 0 Å². The molecule has 2 fully saturated rings. The molecule has 0 aromatic heterocycles. The lowest BCUT2D eigenvalue weighted by atomic mass is 9.98. The smallest absolute Gasteiger partial charge is 0.283 e. The van der Waals surface area contributed by atoms with Crippen LogP contribution in [0.15, 0.2) is 24.0 Å². The first kappa shape index (κ1) is 34.0. The Hall–Kier alpha value is -1.48. The summed E-state index contributed by atoms with van der Waals surface area (Å²) >= 11 is 0. The fraction of sp³-hybridized carbons (Fsp3) is 0.862. The topological polar surface area (TPSA) is 155 Å². The quantitative estimate of drug-likeness (QED) is 0.172. The maximum absolute atomic E-state index is 10.6. The third-order valence-electron chi connectivity index (χ3n) is 7.22. The molecule has 0 radical (unpaired) electrons. The van der Waals surface area contributed by atoms with E-state index in [-0.39, 0.29) is 12.6 Å². The maximum atomic E-state index is 10.6. The van der Waals surface area contributed by atoms with Crippen molar-refractivity contribution in [2.24, 2.45) is 0 Å². The Morgan fingerprint density at radius 1 is 0.902 bits per heavy atom. The van der Waals surface area contributed by atoms with Crippen LogP contribution in [0.5, 0.6) is 0 Å². The molecule has 9 atom stereocenters. The van der Waals surface area contributed by atoms with Crippen LogP contribution < -0.4 is 0 Å². The van der Waals surface area contributed by atoms with Crippen molar-refractivity contribution < 1.29 is 58.3 Å². The molecule has 0 saturated carbocycles. The van der Waals surface area contributed by atoms with Gasteiger partial charge in [0.1, 0.15) is 49.0 Å². The molecule has 0 aliphatic carbocycles. The van der Waals surface area contributed by atoms with E-state index in [1.807, 2.05) is 0 Å². The van der Waals surface area contributed by atoms with Gasteiger partial charge in [-0.1, -0.05) is 40.0 Å². The van der Waals surface area contributed by atoms with Crippen molar-refractivity contribution in [3.05, 3.63) is 24.0 Å². The van der Waals surface area contributed by atoms with Crippen LogP contribution in [0.2, 0.25) is 0 Å². The average molecular weight is 591 g/mol. The molecule has 0 amide bonds. The number of rotatable bonds is 18. The van der Waals surface area contributed by atoms with Crippen LogP contribution in [0.4, 0.5) is 0 Å². The minimum atomic E-state index is -1.56. The lowest BCUT2D eigenvalue weighted by molar-refractivity contribution is -0.327. The summed E-state index contributed by atoms with van der Waals surface area (Å²) in [7, 11) is 0. The molecule has 41 heavy (non-hydrogen) atoms. The molecule has 0 spiro atoms. The number of aliphatic hydroxyl groups is 4. The standard InChI is InChI=1S/C29H50O12/c1-4-7-11-34-17-23-28(19(10-14-37-23)39-29-27(33)26(32)25(31)21(16-30)40-29)41-24-15-20(35-12-8-5-2)22(18-38-24)36-13-9-6-3/h15,18-21,23,25-33H,4-14,16-17H2,1-3H3. The van der Waals surface area contributed by atoms with Crippen molar-refractivity contribution in [3.63, 3.8) is 0 Å². The zero-order valence-corrected chi connectivity index (χ0v) is 24.6. The van der Waals surface area contributed by atoms with Crippen LogP contribution in [0.1, 0.15) is 65.7 Å². The van der Waals surface area contributed by atoms with E-state index in [0.717, 1.165) is 38.5 Å². The van der Waals surface area contributed by atoms with Gasteiger partial charge in [0.2, 0.25) is 0 Å². The molecular formula is C29H50O12. The van der Waals surface area contributed by atoms with E-state index in [0.29, 0.717) is 38.6 Å². The minimum Gasteiger partial charge on any atom is -0.492 e. The van der Waals surface area contributed by atoms with Crippen LogP contribution in [-0.4, -0.2) is 115 Å². The summed E-state index contributed by atoms with van der Waals surface area (Å²) in [4.78, 5) is 0. The monoisotopic (exact) mass is 590 g/mol. The number of hydrogen-bond acceptors (Lipinski definition) is 12. The van der Waals surface area contributed by atoms with E-state index in [1.165, 1.54) is 6.26 Å². The summed E-state index contributed by atoms with van der Waals surface area (Å²) in [6, 6.07) is 0. The SMILES string of the molecule is CCCCOCC1OCCC(OC2OC(CO)C(O)C(O)C2O)C1OC1=CC(OCCCC)C(OCCCC)=CO1. The van der Waals surface area contributed by atoms with Gasteiger partial charge in [-0.2, -0.15) is 0 Å². The average Bonchev–Trinajstić information content (AvgIpc) is 2.98. The Bertz CT molecular complexity index is 790. The lowest BCUT2D eigenvalue weighted by Gasteiger charge is -2.44. The van der Waals surface area contributed by atoms with Gasteiger partial charge < -0.3 is 58.3 Å². The van der Waals surface area contributed by atoms with Gasteiger partial charge in [0.15, 0.2) is 18.2 Å². The van der Waals surface area contributed by atoms with Crippen LogP contribution in [0.3, 0.4) is 0 Å². The van der Waals surface area contributed by atoms with Crippen LogP contribution in [0.25, 0.3) is 0 Å². The Kier molecular flexibility index (Phi) is 15.1. The second kappa shape index (κ2) is 18.2. The molecular weight excluding hydrogens is 540 g/mol. The molecule has 238 valence electrons. The van der Waals surface area contributed by atoms with Gasteiger partial charge in [0, 0.05) is 32.3 Å². The zero-order chi connectivity index (χ0) is 29.6. The molecule has 3 aliphatic rings. The molecule has 12 heteroatoms. The summed E-state index contributed by atoms with van der Waals surface area (Å²) < 4.78 is 47.7. The van der Waals surface area contributed by atoms with E-state index in [9.17, 15) is 20.4 Å². The molecule has 4 N–H and O–H groups in total. The van der Waals surface area contributed by atoms with E-state index in [1.54, 1.807) is 6.08 Å². The van der Waals surface area contributed by atoms with E-state index >= 15 is 0 Å². The predicted octanol–water partition coefficient (Wildman–Crippen LogP) is 1.88. The molecule has 2 saturated heterocycles. The Labute approximate surface area is 243 Å². The van der Waals surface area contributed by atoms with Gasteiger partial charge in [0.05, 0.1) is 19.8 Å². The Morgan fingerprint density at radius 2 is 1.63 bits per heavy atom. The van der Waals surface area contributed by atoms with Crippen LogP contribution in [-0.2, 0) is 37.9 Å². The number of unbranched alkanes of at least 4 members (excludes halogenated alkanes) is 3. The van der Waals surface area contributed by atoms with E-state index in [4.69, 9.17) is 37.9 Å². The number of aliphatic hydroxyl groups excluding tert-OH is 4. The second-order valence-electron chi connectivity index (χ2n) is 10.6. The minimum absolute atomic E-state index is 0.186. The normalized spacial score (nSPS) is 34.0. The van der Waals surface area contributed by atoms with Gasteiger partial charge in [-0.3, -0.25) is 0 Å². The predicted molar refractivity (Wildman–Crippen MR) is 146 cm³/mol. The summed E-state index contributed by atoms with van der Waals surface area (Å²) in [5, 5.41) is 40.6. The third-order valence-corrected chi connectivity index (χ3v) is 7.22. The molecule has 3 aliphatic heterocycles. The first-order chi connectivity index (χ1) is 19.9. The largest absolute Gasteiger partial charge is 0.492 e. The van der Waals surface area contributed by atoms with Gasteiger partial charge in [0.25, 0.3) is 5.95 Å². The van der Waals surface area contributed by atoms with Crippen molar-refractivity contribution >= 4 is 0 Å². The van der Waals surface area contributed by atoms with Crippen molar-refractivity contribution in [2.45, 2.75) is 121 Å². The molecule has 9 unspecified atom stereocenters. The van der Waals surface area contributed by atoms with E-state index in [2.05, 4.69) is 20.8 Å². The van der Waals surface area contributed by atoms with Crippen molar-refractivity contribution in [1.82, 2.24) is 0 Å². The summed E-state index contributed by atoms with van der Waals surface area (Å²) in [6.07, 6.45) is -0.146. The first-order valence-electron chi connectivity index (χ1n) is 15.1. The van der Waals surface area contributed by atoms with Gasteiger partial charge in [-0.05, 0) is 19.3 Å². The zero-order valence-electron chi connectivity index (χ0n) is 24.6. The third kappa shape index (κ3) is 10.0. The first-order valence-corrected chi connectivity index (χ1v) is 15.1. The molecule has 0 aromatic rings. The fourth-order valence-corrected chi connectivity index (χ4v) is 4.64. The van der Waals surface area contributed by atoms with Crippen LogP contribution >= 0.6 is 0 Å². The highest BCUT2D eigenvalue weighted by molar-refractivity contribution is 5.14. The number of ether oxygens (including phenoxy) is 8. The molecule has 0 bridgehead atoms. The highest BCUT2D eigenvalue weighted by Gasteiger charge is 2.47. The molecule has 0 aromatic carbocycles. The molecule has 3 rings (SSSR count). The highest BCUT2D eigenvalue weighted by Crippen LogP contribution is 2.31. The van der Waals surface area contributed by atoms with Gasteiger partial charge >= 0.3 is 0 Å². The van der Waals surface area contributed by atoms with E-state index < -0.39 is 61.7 Å². The highest BCUT2D eigenvalue weighted by atomic mass is 16.7. The summed E-state index contributed by atoms with van der Waals surface area (Å²) in [6.45, 7) is 7.94. The lowest BCUT2D eigenvalue weighted by Crippen LogP contribution is -2.61. The van der Waals surface area contributed by atoms with Gasteiger partial charge in [-0.15, -0.1) is 0 Å². The number of hydrogen-bond donors (Lipinski definition) is 4. The second-order valence-corrected chi connectivity index (χ2v) is 10.6. The fourth-order valence-electron chi connectivity index (χ4n) is 4.64. The van der Waals surface area contributed by atoms with Crippen LogP contribution in [0, 0.1) is 0 Å². The summed E-state index contributed by atoms with van der Waals surface area (Å²) in [5.41, 5.74) is 0. The molecule has 12 nitrogen and oxygen atoms in total. The summed E-state index contributed by atoms with van der Waals surface area (Å²) in [5.74, 6) is 0.751. The van der Waals surface area contributed by atoms with Crippen molar-refractivity contribution in [2.75, 3.05) is 39.6 Å². The maximum Gasteiger partial charge on any atom is 0.283 e.